The van der Waals surface area contributed by atoms with Crippen LogP contribution in [0.4, 0.5) is 5.00 Å². The predicted octanol–water partition coefficient (Wildman–Crippen LogP) is 2.55. The van der Waals surface area contributed by atoms with Crippen LogP contribution in [0.5, 0.6) is 0 Å². The zero-order valence-electron chi connectivity index (χ0n) is 13.8. The Hall–Kier alpha value is -2.78. The van der Waals surface area contributed by atoms with Crippen LogP contribution in [-0.2, 0) is 17.2 Å². The van der Waals surface area contributed by atoms with E-state index in [1.165, 1.54) is 6.07 Å². The first-order valence-corrected chi connectivity index (χ1v) is 9.72. The van der Waals surface area contributed by atoms with Gasteiger partial charge in [-0.15, -0.1) is 11.3 Å². The van der Waals surface area contributed by atoms with Gasteiger partial charge in [0, 0.05) is 10.6 Å². The number of carbonyl (C=O) groups excluding carboxylic acids is 2. The highest BCUT2D eigenvalue weighted by Crippen LogP contribution is 2.32. The van der Waals surface area contributed by atoms with Gasteiger partial charge in [-0.25, -0.2) is 4.21 Å². The fourth-order valence-corrected chi connectivity index (χ4v) is 4.72. The molecule has 3 aromatic rings. The number of aromatic nitrogens is 2. The van der Waals surface area contributed by atoms with Gasteiger partial charge in [-0.3, -0.25) is 14.7 Å². The normalized spacial score (nSPS) is 11.9. The highest BCUT2D eigenvalue weighted by Gasteiger charge is 2.21. The van der Waals surface area contributed by atoms with Crippen LogP contribution in [0.25, 0.3) is 0 Å². The molecule has 0 aliphatic carbocycles. The molecule has 0 radical (unpaired) electrons. The number of nitrogens with one attached hydrogen (secondary N) is 2. The molecule has 0 bridgehead atoms. The summed E-state index contributed by atoms with van der Waals surface area (Å²) in [7, 11) is -1.47. The summed E-state index contributed by atoms with van der Waals surface area (Å²) in [6.45, 7) is 1.94. The van der Waals surface area contributed by atoms with E-state index in [1.54, 1.807) is 30.3 Å². The van der Waals surface area contributed by atoms with Crippen molar-refractivity contribution in [1.29, 1.82) is 0 Å². The van der Waals surface area contributed by atoms with Crippen LogP contribution >= 0.6 is 11.3 Å². The van der Waals surface area contributed by atoms with Crippen LogP contribution in [0.15, 0.2) is 51.6 Å². The second kappa shape index (κ2) is 7.63. The van der Waals surface area contributed by atoms with Gasteiger partial charge < -0.3 is 11.1 Å². The number of primary amides is 1. The molecule has 7 nitrogen and oxygen atoms in total. The average Bonchev–Trinajstić information content (AvgIpc) is 3.29. The molecule has 2 aromatic heterocycles. The van der Waals surface area contributed by atoms with Crippen LogP contribution in [0.1, 0.15) is 33.5 Å². The molecule has 26 heavy (non-hydrogen) atoms. The molecule has 0 saturated carbocycles. The predicted molar refractivity (Wildman–Crippen MR) is 99.9 cm³/mol. The maximum Gasteiger partial charge on any atom is 0.276 e. The van der Waals surface area contributed by atoms with E-state index in [-0.39, 0.29) is 16.3 Å². The van der Waals surface area contributed by atoms with Gasteiger partial charge in [0.2, 0.25) is 0 Å². The molecule has 3 rings (SSSR count). The van der Waals surface area contributed by atoms with Crippen molar-refractivity contribution in [2.24, 2.45) is 5.73 Å². The number of hydrogen-bond donors (Lipinski definition) is 3. The van der Waals surface area contributed by atoms with Crippen molar-refractivity contribution < 1.29 is 13.8 Å². The molecule has 4 N–H and O–H groups in total. The lowest BCUT2D eigenvalue weighted by Crippen LogP contribution is -2.16. The number of nitrogens with two attached hydrogens (primary N) is 1. The zero-order valence-corrected chi connectivity index (χ0v) is 15.4. The Bertz CT molecular complexity index is 979. The second-order valence-electron chi connectivity index (χ2n) is 5.34. The fourth-order valence-electron chi connectivity index (χ4n) is 2.22. The van der Waals surface area contributed by atoms with Crippen molar-refractivity contribution in [1.82, 2.24) is 10.2 Å². The van der Waals surface area contributed by atoms with E-state index >= 15 is 0 Å². The van der Waals surface area contributed by atoms with Crippen LogP contribution < -0.4 is 11.1 Å². The van der Waals surface area contributed by atoms with Crippen molar-refractivity contribution >= 4 is 39.0 Å². The molecule has 2 amide bonds. The minimum absolute atomic E-state index is 0.119. The summed E-state index contributed by atoms with van der Waals surface area (Å²) < 4.78 is 13.1. The highest BCUT2D eigenvalue weighted by atomic mass is 32.2. The number of amides is 2. The Morgan fingerprint density at radius 2 is 2.00 bits per heavy atom. The Kier molecular flexibility index (Phi) is 5.29. The van der Waals surface area contributed by atoms with E-state index in [9.17, 15) is 13.8 Å². The number of rotatable bonds is 6. The van der Waals surface area contributed by atoms with Gasteiger partial charge in [0.25, 0.3) is 11.8 Å². The van der Waals surface area contributed by atoms with E-state index < -0.39 is 22.6 Å². The molecule has 1 aromatic carbocycles. The number of nitrogens with zero attached hydrogens (tertiary/aromatic N) is 1. The Morgan fingerprint density at radius 3 is 2.62 bits per heavy atom. The summed E-state index contributed by atoms with van der Waals surface area (Å²) in [5, 5.41) is 9.58. The lowest BCUT2D eigenvalue weighted by Gasteiger charge is -2.01. The third kappa shape index (κ3) is 3.73. The largest absolute Gasteiger partial charge is 0.366 e. The third-order valence-electron chi connectivity index (χ3n) is 3.59. The lowest BCUT2D eigenvalue weighted by atomic mass is 10.3. The summed E-state index contributed by atoms with van der Waals surface area (Å²) in [5.41, 5.74) is 6.55. The maximum atomic E-state index is 12.7. The van der Waals surface area contributed by atoms with E-state index in [1.807, 2.05) is 13.0 Å². The molecule has 0 spiro atoms. The highest BCUT2D eigenvalue weighted by molar-refractivity contribution is 7.87. The molecule has 9 heteroatoms. The van der Waals surface area contributed by atoms with E-state index in [2.05, 4.69) is 15.5 Å². The average molecular weight is 388 g/mol. The summed E-state index contributed by atoms with van der Waals surface area (Å²) in [5.74, 6) is -1.17. The first-order chi connectivity index (χ1) is 12.5. The number of aryl methyl sites for hydroxylation is 1. The van der Waals surface area contributed by atoms with Gasteiger partial charge in [0.1, 0.15) is 5.00 Å². The third-order valence-corrected chi connectivity index (χ3v) is 6.32. The standard InChI is InChI=1S/C17H16N4O3S2/c1-2-10-8-13(21-20-10)16(23)19-17-12(15(18)22)9-14(25-17)26(24)11-6-4-3-5-7-11/h3-9H,2H2,1H3,(H2,18,22)(H,19,23)(H,20,21). The van der Waals surface area contributed by atoms with Crippen molar-refractivity contribution in [3.63, 3.8) is 0 Å². The first-order valence-electron chi connectivity index (χ1n) is 7.75. The molecule has 0 aliphatic rings. The summed E-state index contributed by atoms with van der Waals surface area (Å²) in [4.78, 5) is 24.7. The number of hydrogen-bond acceptors (Lipinski definition) is 5. The number of thiophene rings is 1. The molecule has 134 valence electrons. The lowest BCUT2D eigenvalue weighted by molar-refractivity contribution is 0.100. The quantitative estimate of drug-likeness (QED) is 0.601. The van der Waals surface area contributed by atoms with Gasteiger partial charge >= 0.3 is 0 Å². The van der Waals surface area contributed by atoms with Gasteiger partial charge in [0.05, 0.1) is 20.6 Å². The first kappa shape index (κ1) is 18.0. The number of carbonyl (C=O) groups is 2. The van der Waals surface area contributed by atoms with Crippen molar-refractivity contribution in [2.75, 3.05) is 5.32 Å². The van der Waals surface area contributed by atoms with Crippen molar-refractivity contribution in [3.05, 3.63) is 59.4 Å². The summed E-state index contributed by atoms with van der Waals surface area (Å²) in [6.07, 6.45) is 0.714. The Morgan fingerprint density at radius 1 is 1.27 bits per heavy atom. The molecule has 1 unspecified atom stereocenters. The van der Waals surface area contributed by atoms with E-state index in [0.717, 1.165) is 17.0 Å². The number of aromatic amines is 1. The van der Waals surface area contributed by atoms with Crippen LogP contribution in [0, 0.1) is 0 Å². The maximum absolute atomic E-state index is 12.7. The molecular formula is C17H16N4O3S2. The van der Waals surface area contributed by atoms with Crippen LogP contribution in [-0.4, -0.2) is 26.2 Å². The topological polar surface area (TPSA) is 118 Å². The molecule has 0 fully saturated rings. The Balaban J connectivity index is 1.89. The smallest absolute Gasteiger partial charge is 0.276 e. The summed E-state index contributed by atoms with van der Waals surface area (Å²) >= 11 is 1.06. The molecular weight excluding hydrogens is 372 g/mol. The molecule has 2 heterocycles. The SMILES string of the molecule is CCc1cc(C(=O)Nc2sc(S(=O)c3ccccc3)cc2C(N)=O)n[nH]1. The second-order valence-corrected chi connectivity index (χ2v) is 8.10. The molecule has 0 aliphatic heterocycles. The Labute approximate surface area is 156 Å². The monoisotopic (exact) mass is 388 g/mol. The fraction of sp³-hybridized carbons (Fsp3) is 0.118. The van der Waals surface area contributed by atoms with Crippen LogP contribution in [0.3, 0.4) is 0 Å². The van der Waals surface area contributed by atoms with Crippen molar-refractivity contribution in [2.45, 2.75) is 22.4 Å². The summed E-state index contributed by atoms with van der Waals surface area (Å²) in [6, 6.07) is 11.9. The van der Waals surface area contributed by atoms with Crippen LogP contribution in [0.2, 0.25) is 0 Å². The molecule has 1 atom stereocenters. The van der Waals surface area contributed by atoms with Crippen molar-refractivity contribution in [3.8, 4) is 0 Å². The van der Waals surface area contributed by atoms with E-state index in [4.69, 9.17) is 5.73 Å². The zero-order chi connectivity index (χ0) is 18.7. The number of benzene rings is 1. The van der Waals surface area contributed by atoms with Gasteiger partial charge in [-0.2, -0.15) is 5.10 Å². The molecule has 0 saturated heterocycles. The number of H-pyrrole nitrogens is 1. The minimum atomic E-state index is -1.47. The van der Waals surface area contributed by atoms with E-state index in [0.29, 0.717) is 15.5 Å². The van der Waals surface area contributed by atoms with Gasteiger partial charge in [-0.05, 0) is 30.7 Å². The minimum Gasteiger partial charge on any atom is -0.366 e. The van der Waals surface area contributed by atoms with Gasteiger partial charge in [0.15, 0.2) is 5.69 Å². The van der Waals surface area contributed by atoms with Gasteiger partial charge in [-0.1, -0.05) is 25.1 Å². The number of anilines is 1.